The molecule has 2 rings (SSSR count). The Morgan fingerprint density at radius 1 is 1.35 bits per heavy atom. The largest absolute Gasteiger partial charge is 0.492 e. The van der Waals surface area contributed by atoms with Gasteiger partial charge in [-0.1, -0.05) is 30.3 Å². The maximum atomic E-state index is 12.1. The van der Waals surface area contributed by atoms with E-state index in [1.54, 1.807) is 6.92 Å². The Morgan fingerprint density at radius 3 is 2.80 bits per heavy atom. The van der Waals surface area contributed by atoms with Gasteiger partial charge < -0.3 is 14.6 Å². The summed E-state index contributed by atoms with van der Waals surface area (Å²) >= 11 is 0. The maximum Gasteiger partial charge on any atom is 0.256 e. The number of amides is 1. The number of nitrogens with zero attached hydrogens (tertiary/aromatic N) is 1. The molecular weight excluding hydrogens is 256 g/mol. The van der Waals surface area contributed by atoms with Gasteiger partial charge in [0.1, 0.15) is 23.7 Å². The molecule has 0 saturated heterocycles. The molecule has 5 nitrogen and oxygen atoms in total. The lowest BCUT2D eigenvalue weighted by Gasteiger charge is -2.07. The van der Waals surface area contributed by atoms with Crippen LogP contribution in [0.15, 0.2) is 34.9 Å². The molecule has 1 N–H and O–H groups in total. The van der Waals surface area contributed by atoms with Crippen molar-refractivity contribution in [2.24, 2.45) is 0 Å². The molecule has 0 saturated carbocycles. The van der Waals surface area contributed by atoms with Crippen molar-refractivity contribution in [3.63, 3.8) is 0 Å². The number of benzene rings is 1. The molecule has 1 aromatic carbocycles. The second-order valence-corrected chi connectivity index (χ2v) is 4.34. The summed E-state index contributed by atoms with van der Waals surface area (Å²) in [5.74, 6) is 1.23. The molecule has 1 heterocycles. The van der Waals surface area contributed by atoms with Crippen molar-refractivity contribution in [3.8, 4) is 5.75 Å². The summed E-state index contributed by atoms with van der Waals surface area (Å²) in [4.78, 5) is 12.1. The summed E-state index contributed by atoms with van der Waals surface area (Å²) in [6.07, 6.45) is 0.643. The first kappa shape index (κ1) is 14.1. The van der Waals surface area contributed by atoms with Crippen LogP contribution in [0.2, 0.25) is 0 Å². The van der Waals surface area contributed by atoms with Gasteiger partial charge in [-0.15, -0.1) is 0 Å². The van der Waals surface area contributed by atoms with Crippen molar-refractivity contribution >= 4 is 5.91 Å². The van der Waals surface area contributed by atoms with Crippen LogP contribution in [0.25, 0.3) is 0 Å². The number of hydrogen-bond acceptors (Lipinski definition) is 4. The van der Waals surface area contributed by atoms with E-state index in [0.29, 0.717) is 36.6 Å². The highest BCUT2D eigenvalue weighted by Gasteiger charge is 2.18. The van der Waals surface area contributed by atoms with Gasteiger partial charge in [0.15, 0.2) is 0 Å². The second kappa shape index (κ2) is 6.75. The summed E-state index contributed by atoms with van der Waals surface area (Å²) < 4.78 is 10.6. The number of aryl methyl sites for hydroxylation is 2. The monoisotopic (exact) mass is 274 g/mol. The van der Waals surface area contributed by atoms with E-state index in [-0.39, 0.29) is 5.91 Å². The fraction of sp³-hybridized carbons (Fsp3) is 0.333. The second-order valence-electron chi connectivity index (χ2n) is 4.34. The Morgan fingerprint density at radius 2 is 2.10 bits per heavy atom. The van der Waals surface area contributed by atoms with Gasteiger partial charge in [0.25, 0.3) is 5.91 Å². The van der Waals surface area contributed by atoms with Crippen molar-refractivity contribution < 1.29 is 14.1 Å². The van der Waals surface area contributed by atoms with Crippen LogP contribution in [0.1, 0.15) is 28.7 Å². The van der Waals surface area contributed by atoms with E-state index >= 15 is 0 Å². The molecule has 0 atom stereocenters. The van der Waals surface area contributed by atoms with Crippen LogP contribution in [0, 0.1) is 6.92 Å². The molecule has 0 unspecified atom stereocenters. The van der Waals surface area contributed by atoms with E-state index in [4.69, 9.17) is 9.26 Å². The van der Waals surface area contributed by atoms with Crippen molar-refractivity contribution in [3.05, 3.63) is 47.3 Å². The Hall–Kier alpha value is -2.30. The van der Waals surface area contributed by atoms with Crippen LogP contribution >= 0.6 is 0 Å². The van der Waals surface area contributed by atoms with Crippen LogP contribution in [0.5, 0.6) is 5.75 Å². The fourth-order valence-corrected chi connectivity index (χ4v) is 1.89. The standard InChI is InChI=1S/C15H18N2O3/c1-3-13-14(11(2)17-20-13)15(18)16-9-10-19-12-7-5-4-6-8-12/h4-8H,3,9-10H2,1-2H3,(H,16,18). The SMILES string of the molecule is CCc1onc(C)c1C(=O)NCCOc1ccccc1. The van der Waals surface area contributed by atoms with E-state index in [1.165, 1.54) is 0 Å². The number of carbonyl (C=O) groups excluding carboxylic acids is 1. The molecule has 0 aliphatic carbocycles. The zero-order valence-corrected chi connectivity index (χ0v) is 11.7. The molecule has 0 aliphatic rings. The van der Waals surface area contributed by atoms with Gasteiger partial charge in [-0.25, -0.2) is 0 Å². The van der Waals surface area contributed by atoms with E-state index in [1.807, 2.05) is 37.3 Å². The number of nitrogens with one attached hydrogen (secondary N) is 1. The summed E-state index contributed by atoms with van der Waals surface area (Å²) in [6.45, 7) is 4.54. The molecular formula is C15H18N2O3. The van der Waals surface area contributed by atoms with Crippen molar-refractivity contribution in [1.82, 2.24) is 10.5 Å². The molecule has 106 valence electrons. The third kappa shape index (κ3) is 3.38. The van der Waals surface area contributed by atoms with Gasteiger partial charge in [0.05, 0.1) is 12.2 Å². The molecule has 20 heavy (non-hydrogen) atoms. The first-order valence-corrected chi connectivity index (χ1v) is 6.63. The minimum absolute atomic E-state index is 0.169. The van der Waals surface area contributed by atoms with E-state index < -0.39 is 0 Å². The quantitative estimate of drug-likeness (QED) is 0.821. The highest BCUT2D eigenvalue weighted by Crippen LogP contribution is 2.13. The molecule has 5 heteroatoms. The lowest BCUT2D eigenvalue weighted by Crippen LogP contribution is -2.29. The first-order chi connectivity index (χ1) is 9.72. The summed E-state index contributed by atoms with van der Waals surface area (Å²) in [6, 6.07) is 9.49. The van der Waals surface area contributed by atoms with Gasteiger partial charge in [0.2, 0.25) is 0 Å². The average Bonchev–Trinajstić information content (AvgIpc) is 2.85. The van der Waals surface area contributed by atoms with Crippen molar-refractivity contribution in [2.75, 3.05) is 13.2 Å². The lowest BCUT2D eigenvalue weighted by molar-refractivity contribution is 0.0944. The van der Waals surface area contributed by atoms with Crippen LogP contribution in [0.3, 0.4) is 0 Å². The first-order valence-electron chi connectivity index (χ1n) is 6.63. The number of para-hydroxylation sites is 1. The Bertz CT molecular complexity index is 564. The molecule has 0 fully saturated rings. The summed E-state index contributed by atoms with van der Waals surface area (Å²) in [5.41, 5.74) is 1.15. The van der Waals surface area contributed by atoms with E-state index in [2.05, 4.69) is 10.5 Å². The van der Waals surface area contributed by atoms with Gasteiger partial charge in [-0.05, 0) is 19.1 Å². The van der Waals surface area contributed by atoms with Gasteiger partial charge >= 0.3 is 0 Å². The average molecular weight is 274 g/mol. The zero-order valence-electron chi connectivity index (χ0n) is 11.7. The molecule has 1 aromatic heterocycles. The molecule has 1 amide bonds. The molecule has 2 aromatic rings. The number of aromatic nitrogens is 1. The zero-order chi connectivity index (χ0) is 14.4. The third-order valence-corrected chi connectivity index (χ3v) is 2.88. The lowest BCUT2D eigenvalue weighted by atomic mass is 10.1. The number of hydrogen-bond donors (Lipinski definition) is 1. The number of carbonyl (C=O) groups is 1. The van der Waals surface area contributed by atoms with Crippen LogP contribution < -0.4 is 10.1 Å². The maximum absolute atomic E-state index is 12.1. The Kier molecular flexibility index (Phi) is 4.76. The number of rotatable bonds is 6. The minimum atomic E-state index is -0.169. The van der Waals surface area contributed by atoms with Crippen LogP contribution in [-0.4, -0.2) is 24.2 Å². The predicted molar refractivity (Wildman–Crippen MR) is 74.9 cm³/mol. The fourth-order valence-electron chi connectivity index (χ4n) is 1.89. The number of ether oxygens (including phenoxy) is 1. The molecule has 0 bridgehead atoms. The van der Waals surface area contributed by atoms with Crippen LogP contribution in [-0.2, 0) is 6.42 Å². The smallest absolute Gasteiger partial charge is 0.256 e. The Balaban J connectivity index is 1.82. The van der Waals surface area contributed by atoms with Gasteiger partial charge in [-0.2, -0.15) is 0 Å². The van der Waals surface area contributed by atoms with Gasteiger partial charge in [0, 0.05) is 6.42 Å². The van der Waals surface area contributed by atoms with E-state index in [9.17, 15) is 4.79 Å². The predicted octanol–water partition coefficient (Wildman–Crippen LogP) is 2.35. The summed E-state index contributed by atoms with van der Waals surface area (Å²) in [5, 5.41) is 6.62. The highest BCUT2D eigenvalue weighted by atomic mass is 16.5. The highest BCUT2D eigenvalue weighted by molar-refractivity contribution is 5.96. The van der Waals surface area contributed by atoms with Crippen molar-refractivity contribution in [2.45, 2.75) is 20.3 Å². The summed E-state index contributed by atoms with van der Waals surface area (Å²) in [7, 11) is 0. The minimum Gasteiger partial charge on any atom is -0.492 e. The molecule has 0 aliphatic heterocycles. The molecule has 0 radical (unpaired) electrons. The van der Waals surface area contributed by atoms with Crippen molar-refractivity contribution in [1.29, 1.82) is 0 Å². The molecule has 0 spiro atoms. The normalized spacial score (nSPS) is 10.3. The third-order valence-electron chi connectivity index (χ3n) is 2.88. The van der Waals surface area contributed by atoms with Crippen LogP contribution in [0.4, 0.5) is 0 Å². The topological polar surface area (TPSA) is 64.4 Å². The van der Waals surface area contributed by atoms with E-state index in [0.717, 1.165) is 5.75 Å². The van der Waals surface area contributed by atoms with Gasteiger partial charge in [-0.3, -0.25) is 4.79 Å². The Labute approximate surface area is 117 Å².